The lowest BCUT2D eigenvalue weighted by atomic mass is 9.73. The van der Waals surface area contributed by atoms with Gasteiger partial charge >= 0.3 is 0 Å². The maximum Gasteiger partial charge on any atom is 0.0219 e. The lowest BCUT2D eigenvalue weighted by Gasteiger charge is -2.46. The number of rotatable bonds is 8. The van der Waals surface area contributed by atoms with E-state index in [9.17, 15) is 0 Å². The molecule has 1 heterocycles. The SMILES string of the molecule is C.C.CCC1=CC=C[CH]1.O.[CH2]C1(C)CN([C@H](C)[C@H](N)CCC)CCC1/C=C/C=C(/C)C=C. The van der Waals surface area contributed by atoms with Gasteiger partial charge in [0.15, 0.2) is 0 Å². The molecular weight excluding hydrogens is 392 g/mol. The lowest BCUT2D eigenvalue weighted by molar-refractivity contribution is 0.0587. The predicted molar refractivity (Wildman–Crippen MR) is 147 cm³/mol. The maximum atomic E-state index is 6.32. The van der Waals surface area contributed by atoms with E-state index in [-0.39, 0.29) is 31.8 Å². The summed E-state index contributed by atoms with van der Waals surface area (Å²) < 4.78 is 0. The third kappa shape index (κ3) is 12.0. The second-order valence-electron chi connectivity index (χ2n) is 8.86. The Morgan fingerprint density at radius 3 is 2.41 bits per heavy atom. The Balaban J connectivity index is -0.000000719. The zero-order valence-electron chi connectivity index (χ0n) is 20.0. The highest BCUT2D eigenvalue weighted by Crippen LogP contribution is 2.36. The zero-order chi connectivity index (χ0) is 21.9. The molecule has 1 aliphatic heterocycles. The van der Waals surface area contributed by atoms with Crippen molar-refractivity contribution in [3.8, 4) is 0 Å². The molecule has 2 aliphatic rings. The van der Waals surface area contributed by atoms with Crippen molar-refractivity contribution in [2.24, 2.45) is 17.1 Å². The Morgan fingerprint density at radius 1 is 1.31 bits per heavy atom. The summed E-state index contributed by atoms with van der Waals surface area (Å²) in [5, 5.41) is 0. The summed E-state index contributed by atoms with van der Waals surface area (Å²) in [5.41, 5.74) is 8.99. The molecule has 2 rings (SSSR count). The van der Waals surface area contributed by atoms with Crippen molar-refractivity contribution in [1.29, 1.82) is 0 Å². The van der Waals surface area contributed by atoms with E-state index in [2.05, 4.69) is 95.9 Å². The minimum absolute atomic E-state index is 0. The normalized spacial score (nSPS) is 21.8. The van der Waals surface area contributed by atoms with E-state index in [1.165, 1.54) is 11.1 Å². The average Bonchev–Trinajstić information content (AvgIpc) is 3.22. The van der Waals surface area contributed by atoms with Gasteiger partial charge in [-0.1, -0.05) is 102 Å². The minimum Gasteiger partial charge on any atom is -0.412 e. The van der Waals surface area contributed by atoms with Crippen molar-refractivity contribution < 1.29 is 5.48 Å². The molecule has 0 amide bonds. The number of nitrogens with two attached hydrogens (primary N) is 1. The van der Waals surface area contributed by atoms with Crippen LogP contribution in [0.2, 0.25) is 0 Å². The first kappa shape index (κ1) is 35.2. The van der Waals surface area contributed by atoms with Gasteiger partial charge in [0, 0.05) is 25.0 Å². The Bertz CT molecular complexity index is 613. The summed E-state index contributed by atoms with van der Waals surface area (Å²) in [6, 6.07) is 0.708. The van der Waals surface area contributed by atoms with Crippen LogP contribution in [0.15, 0.2) is 60.3 Å². The van der Waals surface area contributed by atoms with Gasteiger partial charge in [0.05, 0.1) is 0 Å². The van der Waals surface area contributed by atoms with E-state index in [0.29, 0.717) is 12.0 Å². The molecule has 4 atom stereocenters. The molecule has 3 nitrogen and oxygen atoms in total. The van der Waals surface area contributed by atoms with Crippen molar-refractivity contribution in [3.05, 3.63) is 73.6 Å². The highest BCUT2D eigenvalue weighted by atomic mass is 16.0. The first-order valence-corrected chi connectivity index (χ1v) is 11.3. The van der Waals surface area contributed by atoms with E-state index >= 15 is 0 Å². The quantitative estimate of drug-likeness (QED) is 0.412. The summed E-state index contributed by atoms with van der Waals surface area (Å²) >= 11 is 0. The number of allylic oxidation sites excluding steroid dienone is 9. The molecule has 0 aromatic heterocycles. The van der Waals surface area contributed by atoms with Crippen molar-refractivity contribution in [2.45, 2.75) is 87.2 Å². The number of likely N-dealkylation sites (tertiary alicyclic amines) is 1. The Hall–Kier alpha value is -1.42. The lowest BCUT2D eigenvalue weighted by Crippen LogP contribution is -2.54. The number of hydrogen-bond acceptors (Lipinski definition) is 2. The first-order valence-electron chi connectivity index (χ1n) is 11.3. The number of nitrogens with zero attached hydrogens (tertiary/aromatic N) is 1. The van der Waals surface area contributed by atoms with Crippen LogP contribution in [0, 0.1) is 24.7 Å². The van der Waals surface area contributed by atoms with E-state index in [0.717, 1.165) is 38.8 Å². The molecular formula is C29H54N2O. The summed E-state index contributed by atoms with van der Waals surface area (Å²) in [4.78, 5) is 2.53. The van der Waals surface area contributed by atoms with Crippen LogP contribution >= 0.6 is 0 Å². The second kappa shape index (κ2) is 18.1. The highest BCUT2D eigenvalue weighted by molar-refractivity contribution is 5.33. The molecule has 1 saturated heterocycles. The van der Waals surface area contributed by atoms with Gasteiger partial charge < -0.3 is 11.2 Å². The largest absolute Gasteiger partial charge is 0.412 e. The molecule has 4 N–H and O–H groups in total. The van der Waals surface area contributed by atoms with Gasteiger partial charge in [-0.05, 0) is 57.9 Å². The number of piperidine rings is 1. The highest BCUT2D eigenvalue weighted by Gasteiger charge is 2.36. The molecule has 0 bridgehead atoms. The average molecular weight is 447 g/mol. The summed E-state index contributed by atoms with van der Waals surface area (Å²) in [6.45, 7) is 21.4. The Morgan fingerprint density at radius 2 is 1.97 bits per heavy atom. The van der Waals surface area contributed by atoms with E-state index in [1.54, 1.807) is 0 Å². The van der Waals surface area contributed by atoms with Crippen LogP contribution in [0.5, 0.6) is 0 Å². The third-order valence-electron chi connectivity index (χ3n) is 6.17. The van der Waals surface area contributed by atoms with Crippen LogP contribution in [0.4, 0.5) is 0 Å². The van der Waals surface area contributed by atoms with Gasteiger partial charge in [-0.2, -0.15) is 0 Å². The molecule has 3 heteroatoms. The fourth-order valence-corrected chi connectivity index (χ4v) is 3.89. The maximum absolute atomic E-state index is 6.32. The van der Waals surface area contributed by atoms with Gasteiger partial charge in [0.25, 0.3) is 0 Å². The van der Waals surface area contributed by atoms with Crippen LogP contribution in [-0.2, 0) is 0 Å². The molecule has 0 saturated carbocycles. The van der Waals surface area contributed by atoms with E-state index in [1.807, 2.05) is 6.08 Å². The molecule has 1 aliphatic carbocycles. The van der Waals surface area contributed by atoms with Crippen molar-refractivity contribution in [1.82, 2.24) is 4.90 Å². The fourth-order valence-electron chi connectivity index (χ4n) is 3.89. The van der Waals surface area contributed by atoms with Crippen LogP contribution in [-0.4, -0.2) is 35.5 Å². The van der Waals surface area contributed by atoms with Gasteiger partial charge in [0.1, 0.15) is 0 Å². The molecule has 2 radical (unpaired) electrons. The first-order chi connectivity index (χ1) is 13.7. The molecule has 32 heavy (non-hydrogen) atoms. The second-order valence-corrected chi connectivity index (χ2v) is 8.86. The molecule has 2 unspecified atom stereocenters. The molecule has 186 valence electrons. The monoisotopic (exact) mass is 446 g/mol. The van der Waals surface area contributed by atoms with Gasteiger partial charge in [-0.15, -0.1) is 0 Å². The molecule has 1 fully saturated rings. The van der Waals surface area contributed by atoms with Crippen LogP contribution < -0.4 is 5.73 Å². The molecule has 0 spiro atoms. The fraction of sp³-hybridized carbons (Fsp3) is 0.586. The summed E-state index contributed by atoms with van der Waals surface area (Å²) in [7, 11) is 0. The number of hydrogen-bond donors (Lipinski definition) is 1. The Kier molecular flexibility index (Phi) is 19.8. The minimum atomic E-state index is 0. The third-order valence-corrected chi connectivity index (χ3v) is 6.17. The van der Waals surface area contributed by atoms with Crippen LogP contribution in [0.3, 0.4) is 0 Å². The zero-order valence-corrected chi connectivity index (χ0v) is 20.0. The molecule has 0 aromatic carbocycles. The van der Waals surface area contributed by atoms with Crippen LogP contribution in [0.1, 0.15) is 75.2 Å². The topological polar surface area (TPSA) is 60.8 Å². The van der Waals surface area contributed by atoms with Gasteiger partial charge in [-0.3, -0.25) is 4.90 Å². The predicted octanol–water partition coefficient (Wildman–Crippen LogP) is 6.90. The van der Waals surface area contributed by atoms with E-state index in [4.69, 9.17) is 5.73 Å². The van der Waals surface area contributed by atoms with Crippen molar-refractivity contribution in [2.75, 3.05) is 13.1 Å². The summed E-state index contributed by atoms with van der Waals surface area (Å²) in [5.74, 6) is 0.521. The van der Waals surface area contributed by atoms with Gasteiger partial charge in [-0.25, -0.2) is 0 Å². The van der Waals surface area contributed by atoms with Crippen molar-refractivity contribution >= 4 is 0 Å². The smallest absolute Gasteiger partial charge is 0.0219 e. The Labute approximate surface area is 201 Å². The summed E-state index contributed by atoms with van der Waals surface area (Å²) in [6.07, 6.45) is 21.5. The standard InChI is InChI=1S/C20H35N2.C7H9.2CH4.H2O/c1-7-10-19(21)17(4)22-14-13-18(20(5,6)15-22)12-9-11-16(3)8-2;1-2-7-5-3-4-6-7;;;/h8-9,11-12,17-19H,2,5,7,10,13-15,21H2,1,3-4,6H3;3-6H,2H2,1H3;2*1H4;1H2/b12-9+,16-11-;;;;/t17-,18?,19-,20?;;;;/m1..../s1. The van der Waals surface area contributed by atoms with Crippen LogP contribution in [0.25, 0.3) is 0 Å². The molecule has 0 aromatic rings. The van der Waals surface area contributed by atoms with Crippen molar-refractivity contribution in [3.63, 3.8) is 0 Å². The van der Waals surface area contributed by atoms with Gasteiger partial charge in [0.2, 0.25) is 0 Å². The van der Waals surface area contributed by atoms with E-state index < -0.39 is 0 Å².